The Morgan fingerprint density at radius 1 is 1.24 bits per heavy atom. The lowest BCUT2D eigenvalue weighted by Crippen LogP contribution is -2.49. The van der Waals surface area contributed by atoms with E-state index < -0.39 is 12.0 Å². The molecule has 1 aromatic carbocycles. The highest BCUT2D eigenvalue weighted by atomic mass is 16.5. The van der Waals surface area contributed by atoms with Crippen molar-refractivity contribution in [2.75, 3.05) is 18.6 Å². The van der Waals surface area contributed by atoms with Crippen LogP contribution in [0.2, 0.25) is 0 Å². The highest BCUT2D eigenvalue weighted by molar-refractivity contribution is 5.94. The first-order valence-corrected chi connectivity index (χ1v) is 7.20. The van der Waals surface area contributed by atoms with Gasteiger partial charge in [0.1, 0.15) is 6.04 Å². The van der Waals surface area contributed by atoms with Crippen LogP contribution in [0, 0.1) is 5.92 Å². The Labute approximate surface area is 126 Å². The zero-order valence-corrected chi connectivity index (χ0v) is 13.1. The van der Waals surface area contributed by atoms with Gasteiger partial charge in [-0.3, -0.25) is 4.90 Å². The first-order chi connectivity index (χ1) is 9.99. The number of anilines is 1. The predicted molar refractivity (Wildman–Crippen MR) is 83.3 cm³/mol. The maximum Gasteiger partial charge on any atom is 0.328 e. The minimum atomic E-state index is -0.625. The van der Waals surface area contributed by atoms with Gasteiger partial charge in [0.15, 0.2) is 0 Å². The van der Waals surface area contributed by atoms with Crippen molar-refractivity contribution in [2.24, 2.45) is 5.92 Å². The fourth-order valence-electron chi connectivity index (χ4n) is 2.11. The fraction of sp³-hybridized carbons (Fsp3) is 0.500. The molecule has 2 amide bonds. The predicted octanol–water partition coefficient (Wildman–Crippen LogP) is 2.81. The smallest absolute Gasteiger partial charge is 0.328 e. The van der Waals surface area contributed by atoms with Crippen LogP contribution in [0.3, 0.4) is 0 Å². The zero-order chi connectivity index (χ0) is 15.8. The third kappa shape index (κ3) is 5.10. The van der Waals surface area contributed by atoms with Gasteiger partial charge in [-0.15, -0.1) is 0 Å². The molecular formula is C16H24N2O3. The van der Waals surface area contributed by atoms with Gasteiger partial charge in [0, 0.05) is 12.2 Å². The van der Waals surface area contributed by atoms with Crippen LogP contribution >= 0.6 is 0 Å². The van der Waals surface area contributed by atoms with E-state index in [-0.39, 0.29) is 11.9 Å². The lowest BCUT2D eigenvalue weighted by atomic mass is 10.0. The lowest BCUT2D eigenvalue weighted by Gasteiger charge is -2.25. The summed E-state index contributed by atoms with van der Waals surface area (Å²) in [6, 6.07) is 8.44. The number of carbonyl (C=O) groups is 2. The molecule has 0 aromatic heterocycles. The van der Waals surface area contributed by atoms with Crippen molar-refractivity contribution >= 4 is 17.7 Å². The largest absolute Gasteiger partial charge is 0.467 e. The highest BCUT2D eigenvalue weighted by Gasteiger charge is 2.25. The van der Waals surface area contributed by atoms with Crippen LogP contribution in [-0.2, 0) is 9.53 Å². The number of amides is 2. The second-order valence-electron chi connectivity index (χ2n) is 5.23. The Hall–Kier alpha value is -2.04. The monoisotopic (exact) mass is 292 g/mol. The van der Waals surface area contributed by atoms with Gasteiger partial charge in [0.25, 0.3) is 0 Å². The van der Waals surface area contributed by atoms with E-state index in [1.165, 1.54) is 7.11 Å². The Balaban J connectivity index is 2.81. The molecule has 0 bridgehead atoms. The Kier molecular flexibility index (Phi) is 6.72. The molecule has 1 atom stereocenters. The van der Waals surface area contributed by atoms with E-state index in [4.69, 9.17) is 4.74 Å². The normalized spacial score (nSPS) is 11.9. The highest BCUT2D eigenvalue weighted by Crippen LogP contribution is 2.14. The number of carbonyl (C=O) groups excluding carboxylic acids is 2. The average molecular weight is 292 g/mol. The number of methoxy groups -OCH3 is 1. The molecule has 0 aliphatic rings. The number of hydrogen-bond donors (Lipinski definition) is 1. The number of para-hydroxylation sites is 1. The minimum Gasteiger partial charge on any atom is -0.467 e. The van der Waals surface area contributed by atoms with Crippen LogP contribution < -0.4 is 10.2 Å². The van der Waals surface area contributed by atoms with Crippen molar-refractivity contribution in [3.63, 3.8) is 0 Å². The summed E-state index contributed by atoms with van der Waals surface area (Å²) in [5, 5.41) is 2.76. The van der Waals surface area contributed by atoms with E-state index in [2.05, 4.69) is 5.32 Å². The second kappa shape index (κ2) is 8.29. The van der Waals surface area contributed by atoms with E-state index in [0.717, 1.165) is 5.69 Å². The molecule has 5 nitrogen and oxygen atoms in total. The summed E-state index contributed by atoms with van der Waals surface area (Å²) in [6.07, 6.45) is 0.546. The molecule has 0 saturated heterocycles. The van der Waals surface area contributed by atoms with Crippen molar-refractivity contribution in [3.8, 4) is 0 Å². The number of nitrogens with zero attached hydrogens (tertiary/aromatic N) is 1. The van der Waals surface area contributed by atoms with Gasteiger partial charge in [0.2, 0.25) is 0 Å². The topological polar surface area (TPSA) is 58.6 Å². The molecule has 1 unspecified atom stereocenters. The molecule has 116 valence electrons. The molecule has 1 aromatic rings. The first kappa shape index (κ1) is 17.0. The number of urea groups is 1. The molecule has 0 fully saturated rings. The summed E-state index contributed by atoms with van der Waals surface area (Å²) in [7, 11) is 1.33. The molecule has 0 spiro atoms. The third-order valence-electron chi connectivity index (χ3n) is 3.12. The van der Waals surface area contributed by atoms with Crippen molar-refractivity contribution < 1.29 is 14.3 Å². The summed E-state index contributed by atoms with van der Waals surface area (Å²) < 4.78 is 4.76. The van der Waals surface area contributed by atoms with Gasteiger partial charge in [-0.1, -0.05) is 32.0 Å². The van der Waals surface area contributed by atoms with E-state index in [0.29, 0.717) is 13.0 Å². The molecule has 0 radical (unpaired) electrons. The Morgan fingerprint density at radius 2 is 1.86 bits per heavy atom. The number of hydrogen-bond acceptors (Lipinski definition) is 3. The number of esters is 1. The van der Waals surface area contributed by atoms with Gasteiger partial charge in [-0.05, 0) is 31.4 Å². The molecule has 0 aliphatic heterocycles. The van der Waals surface area contributed by atoms with Crippen molar-refractivity contribution in [2.45, 2.75) is 33.2 Å². The molecule has 0 aliphatic carbocycles. The quantitative estimate of drug-likeness (QED) is 0.820. The number of rotatable bonds is 6. The van der Waals surface area contributed by atoms with Crippen molar-refractivity contribution in [1.82, 2.24) is 5.32 Å². The number of ether oxygens (including phenoxy) is 1. The van der Waals surface area contributed by atoms with Crippen LogP contribution in [0.4, 0.5) is 10.5 Å². The van der Waals surface area contributed by atoms with E-state index in [9.17, 15) is 9.59 Å². The molecule has 1 N–H and O–H groups in total. The Morgan fingerprint density at radius 3 is 2.33 bits per heavy atom. The van der Waals surface area contributed by atoms with Crippen LogP contribution in [0.1, 0.15) is 27.2 Å². The standard InChI is InChI=1S/C16H24N2O3/c1-5-18(13-9-7-6-8-10-13)16(20)17-14(11-12(2)3)15(19)21-4/h6-10,12,14H,5,11H2,1-4H3,(H,17,20). The van der Waals surface area contributed by atoms with Gasteiger partial charge in [-0.2, -0.15) is 0 Å². The summed E-state index contributed by atoms with van der Waals surface area (Å²) >= 11 is 0. The van der Waals surface area contributed by atoms with E-state index >= 15 is 0 Å². The molecule has 0 heterocycles. The van der Waals surface area contributed by atoms with Crippen LogP contribution in [0.25, 0.3) is 0 Å². The molecule has 5 heteroatoms. The lowest BCUT2D eigenvalue weighted by molar-refractivity contribution is -0.143. The summed E-state index contributed by atoms with van der Waals surface area (Å²) in [6.45, 7) is 6.40. The number of nitrogens with one attached hydrogen (secondary N) is 1. The maximum atomic E-state index is 12.4. The third-order valence-corrected chi connectivity index (χ3v) is 3.12. The SMILES string of the molecule is CCN(C(=O)NC(CC(C)C)C(=O)OC)c1ccccc1. The zero-order valence-electron chi connectivity index (χ0n) is 13.1. The van der Waals surface area contributed by atoms with Crippen LogP contribution in [0.5, 0.6) is 0 Å². The average Bonchev–Trinajstić information content (AvgIpc) is 2.47. The van der Waals surface area contributed by atoms with Crippen molar-refractivity contribution in [3.05, 3.63) is 30.3 Å². The Bertz CT molecular complexity index is 460. The maximum absolute atomic E-state index is 12.4. The molecule has 0 saturated carbocycles. The van der Waals surface area contributed by atoms with Gasteiger partial charge >= 0.3 is 12.0 Å². The number of benzene rings is 1. The molecule has 1 rings (SSSR count). The first-order valence-electron chi connectivity index (χ1n) is 7.20. The second-order valence-corrected chi connectivity index (χ2v) is 5.23. The molecule has 21 heavy (non-hydrogen) atoms. The van der Waals surface area contributed by atoms with E-state index in [1.807, 2.05) is 51.1 Å². The van der Waals surface area contributed by atoms with Crippen LogP contribution in [-0.4, -0.2) is 31.7 Å². The van der Waals surface area contributed by atoms with Gasteiger partial charge < -0.3 is 10.1 Å². The minimum absolute atomic E-state index is 0.279. The summed E-state index contributed by atoms with van der Waals surface area (Å²) in [5.41, 5.74) is 0.797. The summed E-state index contributed by atoms with van der Waals surface area (Å²) in [5.74, 6) is -0.137. The summed E-state index contributed by atoms with van der Waals surface area (Å²) in [4.78, 5) is 25.8. The van der Waals surface area contributed by atoms with Crippen molar-refractivity contribution in [1.29, 1.82) is 0 Å². The van der Waals surface area contributed by atoms with E-state index in [1.54, 1.807) is 4.90 Å². The van der Waals surface area contributed by atoms with Gasteiger partial charge in [0.05, 0.1) is 7.11 Å². The van der Waals surface area contributed by atoms with Gasteiger partial charge in [-0.25, -0.2) is 9.59 Å². The van der Waals surface area contributed by atoms with Crippen LogP contribution in [0.15, 0.2) is 30.3 Å². The molecular weight excluding hydrogens is 268 g/mol. The fourth-order valence-corrected chi connectivity index (χ4v) is 2.11.